The molecule has 0 aliphatic carbocycles. The molecular formula is C15H22N4. The number of nitriles is 1. The van der Waals surface area contributed by atoms with E-state index in [-0.39, 0.29) is 0 Å². The van der Waals surface area contributed by atoms with Crippen LogP contribution in [-0.2, 0) is 0 Å². The Labute approximate surface area is 115 Å². The number of piperazine rings is 1. The molecular weight excluding hydrogens is 236 g/mol. The normalized spacial score (nSPS) is 16.7. The minimum absolute atomic E-state index is 0.707. The predicted octanol–water partition coefficient (Wildman–Crippen LogP) is 2.04. The molecule has 4 heteroatoms. The number of anilines is 1. The van der Waals surface area contributed by atoms with E-state index in [9.17, 15) is 5.26 Å². The van der Waals surface area contributed by atoms with Crippen molar-refractivity contribution in [1.29, 1.82) is 5.26 Å². The highest BCUT2D eigenvalue weighted by molar-refractivity contribution is 5.57. The summed E-state index contributed by atoms with van der Waals surface area (Å²) in [6.45, 7) is 11.6. The van der Waals surface area contributed by atoms with Gasteiger partial charge in [0.15, 0.2) is 0 Å². The topological polar surface area (TPSA) is 43.2 Å². The molecule has 0 unspecified atom stereocenters. The van der Waals surface area contributed by atoms with Crippen LogP contribution in [0.2, 0.25) is 0 Å². The maximum absolute atomic E-state index is 9.27. The minimum Gasteiger partial charge on any atom is -0.353 e. The van der Waals surface area contributed by atoms with Crippen molar-refractivity contribution in [3.05, 3.63) is 23.4 Å². The Bertz CT molecular complexity index is 468. The molecule has 1 aromatic heterocycles. The molecule has 1 aliphatic heterocycles. The van der Waals surface area contributed by atoms with Crippen molar-refractivity contribution in [2.45, 2.75) is 20.8 Å². The van der Waals surface area contributed by atoms with Gasteiger partial charge in [0.2, 0.25) is 0 Å². The lowest BCUT2D eigenvalue weighted by molar-refractivity contribution is 0.231. The number of pyridine rings is 1. The van der Waals surface area contributed by atoms with Crippen LogP contribution in [0, 0.1) is 24.2 Å². The highest BCUT2D eigenvalue weighted by Gasteiger charge is 2.21. The van der Waals surface area contributed by atoms with Crippen molar-refractivity contribution in [2.75, 3.05) is 37.6 Å². The zero-order valence-corrected chi connectivity index (χ0v) is 12.1. The van der Waals surface area contributed by atoms with Crippen LogP contribution in [0.5, 0.6) is 0 Å². The van der Waals surface area contributed by atoms with E-state index in [1.54, 1.807) is 6.20 Å². The van der Waals surface area contributed by atoms with Gasteiger partial charge in [0, 0.05) is 38.9 Å². The van der Waals surface area contributed by atoms with Gasteiger partial charge in [-0.25, -0.2) is 4.98 Å². The second-order valence-corrected chi connectivity index (χ2v) is 5.62. The number of hydrogen-bond acceptors (Lipinski definition) is 4. The molecule has 0 spiro atoms. The number of aryl methyl sites for hydroxylation is 1. The van der Waals surface area contributed by atoms with Crippen LogP contribution in [-0.4, -0.2) is 42.6 Å². The van der Waals surface area contributed by atoms with E-state index in [1.807, 2.05) is 13.0 Å². The Balaban J connectivity index is 2.06. The van der Waals surface area contributed by atoms with Gasteiger partial charge in [-0.15, -0.1) is 0 Å². The molecule has 102 valence electrons. The zero-order valence-electron chi connectivity index (χ0n) is 12.1. The molecule has 0 saturated carbocycles. The Morgan fingerprint density at radius 2 is 2.00 bits per heavy atom. The maximum Gasteiger partial charge on any atom is 0.146 e. The highest BCUT2D eigenvalue weighted by Crippen LogP contribution is 2.21. The summed E-state index contributed by atoms with van der Waals surface area (Å²) in [6.07, 6.45) is 1.80. The van der Waals surface area contributed by atoms with E-state index in [2.05, 4.69) is 34.7 Å². The highest BCUT2D eigenvalue weighted by atomic mass is 15.3. The van der Waals surface area contributed by atoms with E-state index >= 15 is 0 Å². The monoisotopic (exact) mass is 258 g/mol. The molecule has 4 nitrogen and oxygen atoms in total. The number of rotatable bonds is 3. The largest absolute Gasteiger partial charge is 0.353 e. The third-order valence-corrected chi connectivity index (χ3v) is 3.55. The summed E-state index contributed by atoms with van der Waals surface area (Å²) in [7, 11) is 0. The summed E-state index contributed by atoms with van der Waals surface area (Å²) >= 11 is 0. The van der Waals surface area contributed by atoms with Crippen molar-refractivity contribution in [3.8, 4) is 6.07 Å². The van der Waals surface area contributed by atoms with Crippen LogP contribution in [0.25, 0.3) is 0 Å². The van der Waals surface area contributed by atoms with Crippen LogP contribution in [0.4, 0.5) is 5.82 Å². The molecule has 0 amide bonds. The van der Waals surface area contributed by atoms with Gasteiger partial charge >= 0.3 is 0 Å². The number of hydrogen-bond donors (Lipinski definition) is 0. The number of nitrogens with zero attached hydrogens (tertiary/aromatic N) is 4. The molecule has 1 saturated heterocycles. The van der Waals surface area contributed by atoms with Crippen molar-refractivity contribution in [2.24, 2.45) is 5.92 Å². The lowest BCUT2D eigenvalue weighted by Gasteiger charge is -2.36. The molecule has 0 radical (unpaired) electrons. The maximum atomic E-state index is 9.27. The minimum atomic E-state index is 0.707. The van der Waals surface area contributed by atoms with Crippen LogP contribution in [0.15, 0.2) is 12.3 Å². The van der Waals surface area contributed by atoms with Gasteiger partial charge in [-0.3, -0.25) is 4.90 Å². The molecule has 0 bridgehead atoms. The first-order valence-corrected chi connectivity index (χ1v) is 6.95. The molecule has 0 N–H and O–H groups in total. The van der Waals surface area contributed by atoms with E-state index in [0.29, 0.717) is 5.92 Å². The molecule has 19 heavy (non-hydrogen) atoms. The Hall–Kier alpha value is -1.60. The third kappa shape index (κ3) is 3.24. The fourth-order valence-electron chi connectivity index (χ4n) is 2.58. The van der Waals surface area contributed by atoms with Gasteiger partial charge in [-0.05, 0) is 24.5 Å². The van der Waals surface area contributed by atoms with Crippen LogP contribution >= 0.6 is 0 Å². The predicted molar refractivity (Wildman–Crippen MR) is 77.2 cm³/mol. The van der Waals surface area contributed by atoms with Crippen molar-refractivity contribution in [1.82, 2.24) is 9.88 Å². The molecule has 1 fully saturated rings. The van der Waals surface area contributed by atoms with Crippen molar-refractivity contribution >= 4 is 5.82 Å². The van der Waals surface area contributed by atoms with E-state index in [4.69, 9.17) is 0 Å². The van der Waals surface area contributed by atoms with Gasteiger partial charge in [-0.2, -0.15) is 5.26 Å². The molecule has 1 aliphatic rings. The molecule has 0 atom stereocenters. The smallest absolute Gasteiger partial charge is 0.146 e. The number of aromatic nitrogens is 1. The molecule has 0 aromatic carbocycles. The lowest BCUT2D eigenvalue weighted by Crippen LogP contribution is -2.48. The Kier molecular flexibility index (Phi) is 4.39. The van der Waals surface area contributed by atoms with Crippen molar-refractivity contribution in [3.63, 3.8) is 0 Å². The van der Waals surface area contributed by atoms with Gasteiger partial charge in [-0.1, -0.05) is 13.8 Å². The summed E-state index contributed by atoms with van der Waals surface area (Å²) < 4.78 is 0. The molecule has 1 aromatic rings. The summed E-state index contributed by atoms with van der Waals surface area (Å²) in [5.41, 5.74) is 1.73. The summed E-state index contributed by atoms with van der Waals surface area (Å²) in [6, 6.07) is 4.19. The molecule has 2 rings (SSSR count). The second kappa shape index (κ2) is 6.03. The van der Waals surface area contributed by atoms with Gasteiger partial charge in [0.25, 0.3) is 0 Å². The van der Waals surface area contributed by atoms with Crippen molar-refractivity contribution < 1.29 is 0 Å². The van der Waals surface area contributed by atoms with Crippen LogP contribution in [0.1, 0.15) is 25.0 Å². The second-order valence-electron chi connectivity index (χ2n) is 5.62. The Morgan fingerprint density at radius 1 is 1.32 bits per heavy atom. The van der Waals surface area contributed by atoms with E-state index in [1.165, 1.54) is 0 Å². The van der Waals surface area contributed by atoms with Crippen LogP contribution < -0.4 is 4.90 Å². The zero-order chi connectivity index (χ0) is 13.8. The summed E-state index contributed by atoms with van der Waals surface area (Å²) in [5, 5.41) is 9.27. The van der Waals surface area contributed by atoms with Gasteiger partial charge in [0.05, 0.1) is 5.56 Å². The quantitative estimate of drug-likeness (QED) is 0.832. The first-order chi connectivity index (χ1) is 9.11. The van der Waals surface area contributed by atoms with Crippen LogP contribution in [0.3, 0.4) is 0 Å². The summed E-state index contributed by atoms with van der Waals surface area (Å²) in [5.74, 6) is 1.56. The van der Waals surface area contributed by atoms with Gasteiger partial charge in [0.1, 0.15) is 11.9 Å². The SMILES string of the molecule is Cc1ccnc(N2CCN(CC(C)C)CC2)c1C#N. The standard InChI is InChI=1S/C15H22N4/c1-12(2)11-18-6-8-19(9-7-18)15-14(10-16)13(3)4-5-17-15/h4-5,12H,6-9,11H2,1-3H3. The first kappa shape index (κ1) is 13.8. The average Bonchev–Trinajstić information content (AvgIpc) is 2.38. The molecule has 2 heterocycles. The van der Waals surface area contributed by atoms with E-state index in [0.717, 1.165) is 49.7 Å². The third-order valence-electron chi connectivity index (χ3n) is 3.55. The first-order valence-electron chi connectivity index (χ1n) is 6.95. The lowest BCUT2D eigenvalue weighted by atomic mass is 10.1. The van der Waals surface area contributed by atoms with Gasteiger partial charge < -0.3 is 4.90 Å². The fourth-order valence-corrected chi connectivity index (χ4v) is 2.58. The fraction of sp³-hybridized carbons (Fsp3) is 0.600. The van der Waals surface area contributed by atoms with E-state index < -0.39 is 0 Å². The Morgan fingerprint density at radius 3 is 2.58 bits per heavy atom. The average molecular weight is 258 g/mol. The summed E-state index contributed by atoms with van der Waals surface area (Å²) in [4.78, 5) is 9.13.